The number of benzene rings is 1. The highest BCUT2D eigenvalue weighted by Gasteiger charge is 2.21. The van der Waals surface area contributed by atoms with Crippen molar-refractivity contribution < 1.29 is 14.3 Å². The number of rotatable bonds is 2. The predicted octanol–water partition coefficient (Wildman–Crippen LogP) is 2.86. The van der Waals surface area contributed by atoms with E-state index in [4.69, 9.17) is 9.47 Å². The van der Waals surface area contributed by atoms with Crippen LogP contribution in [0.4, 0.5) is 5.13 Å². The Bertz CT molecular complexity index is 706. The molecule has 2 heterocycles. The van der Waals surface area contributed by atoms with E-state index in [1.54, 1.807) is 18.2 Å². The molecule has 7 heteroatoms. The lowest BCUT2D eigenvalue weighted by atomic mass is 9.98. The van der Waals surface area contributed by atoms with Gasteiger partial charge in [-0.15, -0.1) is 10.2 Å². The molecule has 0 saturated heterocycles. The van der Waals surface area contributed by atoms with Crippen LogP contribution in [0.25, 0.3) is 0 Å². The number of amides is 1. The molecule has 0 unspecified atom stereocenters. The normalized spacial score (nSPS) is 13.8. The highest BCUT2D eigenvalue weighted by Crippen LogP contribution is 2.31. The van der Waals surface area contributed by atoms with Gasteiger partial charge in [-0.25, -0.2) is 0 Å². The molecule has 1 aliphatic rings. The molecule has 0 aliphatic carbocycles. The van der Waals surface area contributed by atoms with Gasteiger partial charge in [0.2, 0.25) is 5.13 Å². The number of fused-ring (bicyclic) bond motifs is 1. The third-order valence-electron chi connectivity index (χ3n) is 3.09. The van der Waals surface area contributed by atoms with Crippen LogP contribution in [-0.4, -0.2) is 29.3 Å². The molecule has 0 radical (unpaired) electrons. The standard InChI is InChI=1S/C15H17N3O3S/c1-15(2,3)13-17-18-14(22-13)16-12(19)9-4-5-10-11(8-9)21-7-6-20-10/h4-5,8H,6-7H2,1-3H3,(H,16,18,19). The second-order valence-electron chi connectivity index (χ2n) is 5.97. The molecule has 2 aromatic rings. The summed E-state index contributed by atoms with van der Waals surface area (Å²) in [6, 6.07) is 5.12. The molecule has 1 aromatic heterocycles. The van der Waals surface area contributed by atoms with Gasteiger partial charge >= 0.3 is 0 Å². The van der Waals surface area contributed by atoms with Crippen LogP contribution in [0.3, 0.4) is 0 Å². The fourth-order valence-corrected chi connectivity index (χ4v) is 2.73. The Labute approximate surface area is 132 Å². The Morgan fingerprint density at radius 1 is 1.18 bits per heavy atom. The van der Waals surface area contributed by atoms with Crippen LogP contribution in [0.15, 0.2) is 18.2 Å². The van der Waals surface area contributed by atoms with Gasteiger partial charge in [0, 0.05) is 11.0 Å². The Balaban J connectivity index is 1.76. The highest BCUT2D eigenvalue weighted by molar-refractivity contribution is 7.15. The van der Waals surface area contributed by atoms with Gasteiger partial charge in [-0.1, -0.05) is 32.1 Å². The number of nitrogens with one attached hydrogen (secondary N) is 1. The predicted molar refractivity (Wildman–Crippen MR) is 84.0 cm³/mol. The van der Waals surface area contributed by atoms with Crippen molar-refractivity contribution in [2.45, 2.75) is 26.2 Å². The Morgan fingerprint density at radius 3 is 2.59 bits per heavy atom. The maximum Gasteiger partial charge on any atom is 0.257 e. The van der Waals surface area contributed by atoms with E-state index in [0.717, 1.165) is 5.01 Å². The van der Waals surface area contributed by atoms with Gasteiger partial charge in [-0.05, 0) is 18.2 Å². The average Bonchev–Trinajstić information content (AvgIpc) is 2.95. The van der Waals surface area contributed by atoms with Crippen LogP contribution in [-0.2, 0) is 5.41 Å². The van der Waals surface area contributed by atoms with Crippen LogP contribution in [0.1, 0.15) is 36.1 Å². The van der Waals surface area contributed by atoms with E-state index in [9.17, 15) is 4.79 Å². The van der Waals surface area contributed by atoms with Gasteiger partial charge < -0.3 is 9.47 Å². The molecule has 1 N–H and O–H groups in total. The second-order valence-corrected chi connectivity index (χ2v) is 6.95. The zero-order valence-electron chi connectivity index (χ0n) is 12.7. The summed E-state index contributed by atoms with van der Waals surface area (Å²) in [7, 11) is 0. The summed E-state index contributed by atoms with van der Waals surface area (Å²) in [6.45, 7) is 7.18. The van der Waals surface area contributed by atoms with E-state index in [1.807, 2.05) is 0 Å². The Hall–Kier alpha value is -2.15. The van der Waals surface area contributed by atoms with Crippen molar-refractivity contribution in [3.8, 4) is 11.5 Å². The molecule has 1 aliphatic heterocycles. The van der Waals surface area contributed by atoms with E-state index >= 15 is 0 Å². The Morgan fingerprint density at radius 2 is 1.91 bits per heavy atom. The first-order chi connectivity index (χ1) is 10.4. The van der Waals surface area contributed by atoms with Crippen molar-refractivity contribution in [3.05, 3.63) is 28.8 Å². The third kappa shape index (κ3) is 3.04. The summed E-state index contributed by atoms with van der Waals surface area (Å²) in [4.78, 5) is 12.3. The fourth-order valence-electron chi connectivity index (χ4n) is 1.93. The largest absolute Gasteiger partial charge is 0.486 e. The van der Waals surface area contributed by atoms with Gasteiger partial charge in [0.05, 0.1) is 0 Å². The molecule has 0 fully saturated rings. The number of ether oxygens (including phenoxy) is 2. The Kier molecular flexibility index (Phi) is 3.74. The lowest BCUT2D eigenvalue weighted by Gasteiger charge is -2.18. The number of hydrogen-bond acceptors (Lipinski definition) is 6. The van der Waals surface area contributed by atoms with Crippen LogP contribution < -0.4 is 14.8 Å². The van der Waals surface area contributed by atoms with Crippen LogP contribution >= 0.6 is 11.3 Å². The number of nitrogens with zero attached hydrogens (tertiary/aromatic N) is 2. The number of anilines is 1. The van der Waals surface area contributed by atoms with Crippen molar-refractivity contribution in [1.29, 1.82) is 0 Å². The van der Waals surface area contributed by atoms with Crippen LogP contribution in [0.2, 0.25) is 0 Å². The molecule has 0 spiro atoms. The summed E-state index contributed by atoms with van der Waals surface area (Å²) in [5.41, 5.74) is 0.411. The number of hydrogen-bond donors (Lipinski definition) is 1. The molecule has 0 saturated carbocycles. The smallest absolute Gasteiger partial charge is 0.257 e. The van der Waals surface area contributed by atoms with Crippen molar-refractivity contribution in [2.24, 2.45) is 0 Å². The summed E-state index contributed by atoms with van der Waals surface area (Å²) < 4.78 is 10.9. The van der Waals surface area contributed by atoms with Crippen molar-refractivity contribution in [3.63, 3.8) is 0 Å². The molecular weight excluding hydrogens is 302 g/mol. The molecule has 116 valence electrons. The minimum atomic E-state index is -0.242. The molecule has 6 nitrogen and oxygen atoms in total. The fraction of sp³-hybridized carbons (Fsp3) is 0.400. The maximum atomic E-state index is 12.3. The number of carbonyl (C=O) groups excluding carboxylic acids is 1. The van der Waals surface area contributed by atoms with E-state index in [-0.39, 0.29) is 11.3 Å². The minimum absolute atomic E-state index is 0.0857. The van der Waals surface area contributed by atoms with Crippen LogP contribution in [0.5, 0.6) is 11.5 Å². The summed E-state index contributed by atoms with van der Waals surface area (Å²) >= 11 is 1.38. The van der Waals surface area contributed by atoms with Gasteiger partial charge in [-0.3, -0.25) is 10.1 Å². The SMILES string of the molecule is CC(C)(C)c1nnc(NC(=O)c2ccc3c(c2)OCCO3)s1. The topological polar surface area (TPSA) is 73.3 Å². The first-order valence-electron chi connectivity index (χ1n) is 6.98. The lowest BCUT2D eigenvalue weighted by Crippen LogP contribution is -2.17. The summed E-state index contributed by atoms with van der Waals surface area (Å²) in [5, 5.41) is 12.3. The molecule has 22 heavy (non-hydrogen) atoms. The minimum Gasteiger partial charge on any atom is -0.486 e. The summed E-state index contributed by atoms with van der Waals surface area (Å²) in [6.07, 6.45) is 0. The monoisotopic (exact) mass is 319 g/mol. The molecule has 0 bridgehead atoms. The zero-order valence-corrected chi connectivity index (χ0v) is 13.5. The van der Waals surface area contributed by atoms with Gasteiger partial charge in [0.1, 0.15) is 18.2 Å². The quantitative estimate of drug-likeness (QED) is 0.921. The lowest BCUT2D eigenvalue weighted by molar-refractivity contribution is 0.102. The van der Waals surface area contributed by atoms with E-state index in [0.29, 0.717) is 35.4 Å². The van der Waals surface area contributed by atoms with Crippen molar-refractivity contribution in [1.82, 2.24) is 10.2 Å². The van der Waals surface area contributed by atoms with E-state index in [2.05, 4.69) is 36.3 Å². The molecule has 1 aromatic carbocycles. The third-order valence-corrected chi connectivity index (χ3v) is 4.36. The number of carbonyl (C=O) groups is 1. The molecule has 0 atom stereocenters. The van der Waals surface area contributed by atoms with Crippen molar-refractivity contribution in [2.75, 3.05) is 18.5 Å². The second kappa shape index (κ2) is 5.57. The van der Waals surface area contributed by atoms with E-state index in [1.165, 1.54) is 11.3 Å². The average molecular weight is 319 g/mol. The van der Waals surface area contributed by atoms with Gasteiger partial charge in [0.15, 0.2) is 11.5 Å². The van der Waals surface area contributed by atoms with Gasteiger partial charge in [0.25, 0.3) is 5.91 Å². The first kappa shape index (κ1) is 14.8. The summed E-state index contributed by atoms with van der Waals surface area (Å²) in [5.74, 6) is 1.01. The molecule has 3 rings (SSSR count). The van der Waals surface area contributed by atoms with E-state index < -0.39 is 0 Å². The van der Waals surface area contributed by atoms with Crippen molar-refractivity contribution >= 4 is 22.4 Å². The first-order valence-corrected chi connectivity index (χ1v) is 7.80. The number of aromatic nitrogens is 2. The maximum absolute atomic E-state index is 12.3. The van der Waals surface area contributed by atoms with Crippen LogP contribution in [0, 0.1) is 0 Å². The molecule has 1 amide bonds. The zero-order chi connectivity index (χ0) is 15.7. The molecular formula is C15H17N3O3S. The highest BCUT2D eigenvalue weighted by atomic mass is 32.1. The van der Waals surface area contributed by atoms with Gasteiger partial charge in [-0.2, -0.15) is 0 Å².